The molecule has 1 heterocycles. The van der Waals surface area contributed by atoms with E-state index in [4.69, 9.17) is 11.6 Å². The zero-order valence-electron chi connectivity index (χ0n) is 7.52. The number of rotatable bonds is 0. The highest BCUT2D eigenvalue weighted by atomic mass is 127. The molecule has 7 heteroatoms. The number of halogens is 5. The minimum Gasteiger partial charge on any atom is -0.224 e. The Morgan fingerprint density at radius 1 is 1.19 bits per heavy atom. The largest absolute Gasteiger partial charge is 0.451 e. The van der Waals surface area contributed by atoms with E-state index in [-0.39, 0.29) is 10.7 Å². The lowest BCUT2D eigenvalue weighted by Gasteiger charge is -2.07. The second-order valence-electron chi connectivity index (χ2n) is 3.00. The predicted molar refractivity (Wildman–Crippen MR) is 62.3 cm³/mol. The first-order valence-corrected chi connectivity index (χ1v) is 5.53. The Morgan fingerprint density at radius 3 is 2.50 bits per heavy atom. The molecule has 0 amide bonds. The molecule has 0 unspecified atom stereocenters. The molecule has 0 fully saturated rings. The predicted octanol–water partition coefficient (Wildman–Crippen LogP) is 3.91. The lowest BCUT2D eigenvalue weighted by molar-refractivity contribution is -0.144. The van der Waals surface area contributed by atoms with Crippen molar-refractivity contribution in [3.05, 3.63) is 32.7 Å². The summed E-state index contributed by atoms with van der Waals surface area (Å²) in [5.74, 6) is -1.22. The summed E-state index contributed by atoms with van der Waals surface area (Å²) in [6.07, 6.45) is -4.58. The smallest absolute Gasteiger partial charge is 0.224 e. The summed E-state index contributed by atoms with van der Waals surface area (Å²) < 4.78 is 38.0. The molecule has 0 atom stereocenters. The van der Waals surface area contributed by atoms with Crippen LogP contribution in [0.2, 0.25) is 5.15 Å². The van der Waals surface area contributed by atoms with Crippen LogP contribution in [0.5, 0.6) is 0 Å². The molecule has 0 aliphatic carbocycles. The second-order valence-corrected chi connectivity index (χ2v) is 4.60. The van der Waals surface area contributed by atoms with Gasteiger partial charge in [0.15, 0.2) is 0 Å². The number of hydrogen-bond acceptors (Lipinski definition) is 2. The van der Waals surface area contributed by atoms with Crippen molar-refractivity contribution in [3.63, 3.8) is 0 Å². The van der Waals surface area contributed by atoms with Crippen LogP contribution in [0.15, 0.2) is 18.2 Å². The number of nitrogens with zero attached hydrogens (tertiary/aromatic N) is 2. The van der Waals surface area contributed by atoms with E-state index < -0.39 is 12.0 Å². The van der Waals surface area contributed by atoms with Crippen LogP contribution in [-0.2, 0) is 6.18 Å². The zero-order chi connectivity index (χ0) is 11.9. The summed E-state index contributed by atoms with van der Waals surface area (Å²) in [6, 6.07) is 4.85. The molecule has 0 aliphatic rings. The maximum Gasteiger partial charge on any atom is 0.451 e. The van der Waals surface area contributed by atoms with Gasteiger partial charge in [-0.15, -0.1) is 0 Å². The highest BCUT2D eigenvalue weighted by Crippen LogP contribution is 2.30. The molecule has 2 aromatic rings. The van der Waals surface area contributed by atoms with Crippen LogP contribution in [0, 0.1) is 3.57 Å². The first-order valence-electron chi connectivity index (χ1n) is 4.08. The van der Waals surface area contributed by atoms with E-state index in [0.717, 1.165) is 3.57 Å². The van der Waals surface area contributed by atoms with Gasteiger partial charge in [0.1, 0.15) is 5.15 Å². The lowest BCUT2D eigenvalue weighted by Crippen LogP contribution is -2.11. The number of hydrogen-bond donors (Lipinski definition) is 0. The fourth-order valence-corrected chi connectivity index (χ4v) is 1.91. The second kappa shape index (κ2) is 3.99. The third kappa shape index (κ3) is 2.22. The van der Waals surface area contributed by atoms with Crippen LogP contribution in [-0.4, -0.2) is 9.97 Å². The van der Waals surface area contributed by atoms with Crippen LogP contribution < -0.4 is 0 Å². The molecule has 0 bridgehead atoms. The monoisotopic (exact) mass is 358 g/mol. The zero-order valence-corrected chi connectivity index (χ0v) is 10.4. The highest BCUT2D eigenvalue weighted by Gasteiger charge is 2.35. The molecule has 2 rings (SSSR count). The van der Waals surface area contributed by atoms with E-state index in [9.17, 15) is 13.2 Å². The van der Waals surface area contributed by atoms with Crippen molar-refractivity contribution in [2.75, 3.05) is 0 Å². The summed E-state index contributed by atoms with van der Waals surface area (Å²) in [5.41, 5.74) is 0.194. The molecule has 2 nitrogen and oxygen atoms in total. The van der Waals surface area contributed by atoms with Crippen LogP contribution >= 0.6 is 34.2 Å². The molecule has 0 saturated carbocycles. The quantitative estimate of drug-likeness (QED) is 0.527. The van der Waals surface area contributed by atoms with Gasteiger partial charge in [0, 0.05) is 8.96 Å². The fraction of sp³-hybridized carbons (Fsp3) is 0.111. The molecule has 1 aromatic heterocycles. The standard InChI is InChI=1S/C9H3ClF3IN2/c10-7-5-2-1-4(14)3-6(5)15-8(16-7)9(11,12)13/h1-3H. The minimum absolute atomic E-state index is 0.186. The maximum atomic E-state index is 12.4. The lowest BCUT2D eigenvalue weighted by atomic mass is 10.2. The average Bonchev–Trinajstić information content (AvgIpc) is 2.15. The van der Waals surface area contributed by atoms with E-state index in [1.54, 1.807) is 12.1 Å². The molecule has 1 aromatic carbocycles. The third-order valence-electron chi connectivity index (χ3n) is 1.87. The van der Waals surface area contributed by atoms with E-state index in [1.807, 2.05) is 22.6 Å². The van der Waals surface area contributed by atoms with Gasteiger partial charge < -0.3 is 0 Å². The Labute approximate surface area is 107 Å². The van der Waals surface area contributed by atoms with Crippen LogP contribution in [0.25, 0.3) is 10.9 Å². The van der Waals surface area contributed by atoms with Gasteiger partial charge in [0.25, 0.3) is 0 Å². The van der Waals surface area contributed by atoms with Gasteiger partial charge in [-0.05, 0) is 40.8 Å². The number of benzene rings is 1. The molecular formula is C9H3ClF3IN2. The minimum atomic E-state index is -4.58. The van der Waals surface area contributed by atoms with Gasteiger partial charge in [0.05, 0.1) is 5.52 Å². The van der Waals surface area contributed by atoms with Crippen molar-refractivity contribution >= 4 is 45.1 Å². The normalized spacial score (nSPS) is 12.1. The van der Waals surface area contributed by atoms with Crippen molar-refractivity contribution in [3.8, 4) is 0 Å². The van der Waals surface area contributed by atoms with Crippen molar-refractivity contribution in [2.24, 2.45) is 0 Å². The van der Waals surface area contributed by atoms with Crippen LogP contribution in [0.1, 0.15) is 5.82 Å². The Balaban J connectivity index is 2.75. The van der Waals surface area contributed by atoms with Gasteiger partial charge in [-0.3, -0.25) is 0 Å². The Bertz CT molecular complexity index is 556. The summed E-state index contributed by atoms with van der Waals surface area (Å²) >= 11 is 7.65. The van der Waals surface area contributed by atoms with Crippen molar-refractivity contribution < 1.29 is 13.2 Å². The Hall–Kier alpha value is -0.630. The summed E-state index contributed by atoms with van der Waals surface area (Å²) in [4.78, 5) is 6.67. The molecule has 0 radical (unpaired) electrons. The molecule has 16 heavy (non-hydrogen) atoms. The molecule has 0 spiro atoms. The summed E-state index contributed by atoms with van der Waals surface area (Å²) in [6.45, 7) is 0. The Morgan fingerprint density at radius 2 is 1.88 bits per heavy atom. The third-order valence-corrected chi connectivity index (χ3v) is 2.83. The van der Waals surface area contributed by atoms with Crippen molar-refractivity contribution in [2.45, 2.75) is 6.18 Å². The van der Waals surface area contributed by atoms with Gasteiger partial charge in [-0.25, -0.2) is 9.97 Å². The molecule has 0 N–H and O–H groups in total. The first kappa shape index (κ1) is 11.8. The molecular weight excluding hydrogens is 355 g/mol. The van der Waals surface area contributed by atoms with E-state index >= 15 is 0 Å². The van der Waals surface area contributed by atoms with Crippen LogP contribution in [0.3, 0.4) is 0 Å². The average molecular weight is 358 g/mol. The van der Waals surface area contributed by atoms with Gasteiger partial charge in [-0.1, -0.05) is 11.6 Å². The van der Waals surface area contributed by atoms with Crippen LogP contribution in [0.4, 0.5) is 13.2 Å². The topological polar surface area (TPSA) is 25.8 Å². The maximum absolute atomic E-state index is 12.4. The highest BCUT2D eigenvalue weighted by molar-refractivity contribution is 14.1. The van der Waals surface area contributed by atoms with E-state index in [2.05, 4.69) is 9.97 Å². The molecule has 84 valence electrons. The summed E-state index contributed by atoms with van der Waals surface area (Å²) in [7, 11) is 0. The molecule has 0 aliphatic heterocycles. The van der Waals surface area contributed by atoms with Gasteiger partial charge in [0.2, 0.25) is 5.82 Å². The van der Waals surface area contributed by atoms with Crippen molar-refractivity contribution in [1.82, 2.24) is 9.97 Å². The van der Waals surface area contributed by atoms with Gasteiger partial charge in [-0.2, -0.15) is 13.2 Å². The Kier molecular flexibility index (Phi) is 2.95. The summed E-state index contributed by atoms with van der Waals surface area (Å²) in [5, 5.41) is 0.226. The first-order chi connectivity index (χ1) is 7.38. The van der Waals surface area contributed by atoms with E-state index in [0.29, 0.717) is 5.39 Å². The number of alkyl halides is 3. The van der Waals surface area contributed by atoms with E-state index in [1.165, 1.54) is 6.07 Å². The molecule has 0 saturated heterocycles. The van der Waals surface area contributed by atoms with Gasteiger partial charge >= 0.3 is 6.18 Å². The SMILES string of the molecule is FC(F)(F)c1nc(Cl)c2ccc(I)cc2n1. The van der Waals surface area contributed by atoms with Crippen molar-refractivity contribution in [1.29, 1.82) is 0 Å². The number of fused-ring (bicyclic) bond motifs is 1. The fourth-order valence-electron chi connectivity index (χ4n) is 1.19. The number of aromatic nitrogens is 2.